The van der Waals surface area contributed by atoms with Crippen LogP contribution in [-0.2, 0) is 16.7 Å². The molecule has 1 fully saturated rings. The van der Waals surface area contributed by atoms with E-state index in [1.807, 2.05) is 0 Å². The van der Waals surface area contributed by atoms with E-state index in [2.05, 4.69) is 29.1 Å². The Morgan fingerprint density at radius 1 is 1.38 bits per heavy atom. The number of terminal acetylenes is 1. The Labute approximate surface area is 218 Å². The zero-order chi connectivity index (χ0) is 26.6. The molecule has 2 aliphatic rings. The number of halogens is 2. The number of pyridine rings is 1. The molecule has 1 aromatic heterocycles. The molecule has 2 aromatic rings. The van der Waals surface area contributed by atoms with Crippen LogP contribution in [0.15, 0.2) is 78.9 Å². The molecule has 0 radical (unpaired) electrons. The van der Waals surface area contributed by atoms with Crippen molar-refractivity contribution in [3.63, 3.8) is 0 Å². The molecule has 6 nitrogen and oxygen atoms in total. The number of hydrogen-bond donors (Lipinski definition) is 1. The van der Waals surface area contributed by atoms with Gasteiger partial charge in [0.15, 0.2) is 11.0 Å². The Kier molecular flexibility index (Phi) is 7.50. The second-order valence-electron chi connectivity index (χ2n) is 8.67. The van der Waals surface area contributed by atoms with Gasteiger partial charge in [0, 0.05) is 17.9 Å². The molecular formula is C28H25F2N3O3S. The van der Waals surface area contributed by atoms with Crippen LogP contribution in [0.4, 0.5) is 8.78 Å². The van der Waals surface area contributed by atoms with Crippen LogP contribution in [-0.4, -0.2) is 34.0 Å². The number of carbonyl (C=O) groups excluding carboxylic acids is 1. The third-order valence-electron chi connectivity index (χ3n) is 6.48. The van der Waals surface area contributed by atoms with E-state index >= 15 is 4.39 Å². The Bertz CT molecular complexity index is 1340. The number of ketones is 1. The number of amidine groups is 1. The van der Waals surface area contributed by atoms with Gasteiger partial charge in [-0.1, -0.05) is 36.9 Å². The van der Waals surface area contributed by atoms with Gasteiger partial charge in [-0.3, -0.25) is 4.79 Å². The van der Waals surface area contributed by atoms with Crippen molar-refractivity contribution in [1.82, 2.24) is 4.98 Å². The summed E-state index contributed by atoms with van der Waals surface area (Å²) in [5, 5.41) is 0.141. The number of allylic oxidation sites excluding steroid dienone is 1. The van der Waals surface area contributed by atoms with Crippen molar-refractivity contribution in [3.05, 3.63) is 96.5 Å². The molecule has 37 heavy (non-hydrogen) atoms. The first kappa shape index (κ1) is 26.2. The highest BCUT2D eigenvalue weighted by Crippen LogP contribution is 2.69. The van der Waals surface area contributed by atoms with Crippen molar-refractivity contribution < 1.29 is 23.0 Å². The number of fused-ring (bicyclic) bond motifs is 1. The molecule has 1 aliphatic carbocycles. The maximum atomic E-state index is 15.2. The minimum Gasteiger partial charge on any atom is -0.479 e. The lowest BCUT2D eigenvalue weighted by molar-refractivity contribution is 0.0988. The van der Waals surface area contributed by atoms with Gasteiger partial charge in [-0.2, -0.15) is 0 Å². The molecule has 1 saturated carbocycles. The number of nitrogens with two attached hydrogens (primary N) is 1. The first-order chi connectivity index (χ1) is 17.8. The quantitative estimate of drug-likeness (QED) is 0.196. The monoisotopic (exact) mass is 521 g/mol. The standard InChI is InChI=1S/C28H25F2N3O3S/c1-4-11-36-20-7-9-23(32-16-20)24(34)14-19-6-8-22(30)21(13-19)27(17-29)25-15-28(25,37-26(31)33-27)18(3)10-12-35-5-2/h1,5-10,12-13,16,25H,2-3,11,14-15,17H2,(H2,31,33)/b12-10-/t25-,27+,28+/m0/s1. The van der Waals surface area contributed by atoms with E-state index in [-0.39, 0.29) is 41.2 Å². The third kappa shape index (κ3) is 5.02. The first-order valence-corrected chi connectivity index (χ1v) is 12.2. The minimum atomic E-state index is -1.54. The fourth-order valence-electron chi connectivity index (χ4n) is 4.62. The Morgan fingerprint density at radius 2 is 2.19 bits per heavy atom. The zero-order valence-corrected chi connectivity index (χ0v) is 20.8. The second-order valence-corrected chi connectivity index (χ2v) is 10.0. The lowest BCUT2D eigenvalue weighted by Gasteiger charge is -2.35. The van der Waals surface area contributed by atoms with Crippen molar-refractivity contribution in [2.24, 2.45) is 16.6 Å². The number of benzene rings is 1. The number of rotatable bonds is 11. The van der Waals surface area contributed by atoms with Crippen molar-refractivity contribution in [3.8, 4) is 18.1 Å². The van der Waals surface area contributed by atoms with Crippen LogP contribution >= 0.6 is 11.8 Å². The Balaban J connectivity index is 1.61. The van der Waals surface area contributed by atoms with E-state index < -0.39 is 22.8 Å². The second kappa shape index (κ2) is 10.6. The third-order valence-corrected chi connectivity index (χ3v) is 7.86. The average molecular weight is 522 g/mol. The molecule has 2 N–H and O–H groups in total. The van der Waals surface area contributed by atoms with E-state index in [9.17, 15) is 9.18 Å². The maximum Gasteiger partial charge on any atom is 0.185 e. The van der Waals surface area contributed by atoms with E-state index in [0.29, 0.717) is 23.3 Å². The number of nitrogens with zero attached hydrogens (tertiary/aromatic N) is 2. The largest absolute Gasteiger partial charge is 0.479 e. The summed E-state index contributed by atoms with van der Waals surface area (Å²) >= 11 is 1.29. The van der Waals surface area contributed by atoms with Crippen LogP contribution in [0.25, 0.3) is 0 Å². The van der Waals surface area contributed by atoms with E-state index in [0.717, 1.165) is 0 Å². The van der Waals surface area contributed by atoms with Crippen molar-refractivity contribution in [2.45, 2.75) is 23.1 Å². The lowest BCUT2D eigenvalue weighted by atomic mass is 9.83. The molecule has 190 valence electrons. The summed E-state index contributed by atoms with van der Waals surface area (Å²) in [7, 11) is 0. The summed E-state index contributed by atoms with van der Waals surface area (Å²) in [6, 6.07) is 7.33. The molecule has 0 saturated heterocycles. The van der Waals surface area contributed by atoms with Gasteiger partial charge >= 0.3 is 0 Å². The van der Waals surface area contributed by atoms with Gasteiger partial charge in [0.1, 0.15) is 36.1 Å². The number of thioether (sulfide) groups is 1. The predicted octanol–water partition coefficient (Wildman–Crippen LogP) is 4.87. The van der Waals surface area contributed by atoms with Gasteiger partial charge in [-0.05, 0) is 47.9 Å². The number of aliphatic imine (C=N–C) groups is 1. The smallest absolute Gasteiger partial charge is 0.185 e. The molecule has 0 amide bonds. The SMILES string of the molecule is C#CCOc1ccc(C(=O)Cc2ccc(F)c([C@@]3(CF)N=C(N)S[C@@]4(C(=C)/C=C\OC=C)C[C@H]43)c2)nc1. The summed E-state index contributed by atoms with van der Waals surface area (Å²) in [6.07, 6.45) is 11.4. The molecule has 4 rings (SSSR count). The predicted molar refractivity (Wildman–Crippen MR) is 140 cm³/mol. The Hall–Kier alpha value is -3.90. The molecule has 3 atom stereocenters. The van der Waals surface area contributed by atoms with Crippen LogP contribution in [0, 0.1) is 24.1 Å². The van der Waals surface area contributed by atoms with Crippen LogP contribution in [0.1, 0.15) is 28.0 Å². The van der Waals surface area contributed by atoms with Crippen LogP contribution in [0.5, 0.6) is 5.75 Å². The average Bonchev–Trinajstić information content (AvgIpc) is 3.64. The number of carbonyl (C=O) groups is 1. The molecular weight excluding hydrogens is 496 g/mol. The van der Waals surface area contributed by atoms with Crippen molar-refractivity contribution >= 4 is 22.7 Å². The number of aromatic nitrogens is 1. The van der Waals surface area contributed by atoms with Crippen LogP contribution in [0.2, 0.25) is 0 Å². The lowest BCUT2D eigenvalue weighted by Crippen LogP contribution is -2.40. The highest BCUT2D eigenvalue weighted by atomic mass is 32.2. The number of ether oxygens (including phenoxy) is 2. The summed E-state index contributed by atoms with van der Waals surface area (Å²) in [6.45, 7) is 6.71. The molecule has 1 aliphatic heterocycles. The maximum absolute atomic E-state index is 15.2. The number of hydrogen-bond acceptors (Lipinski definition) is 7. The summed E-state index contributed by atoms with van der Waals surface area (Å²) in [4.78, 5) is 21.4. The van der Waals surface area contributed by atoms with Gasteiger partial charge < -0.3 is 15.2 Å². The van der Waals surface area contributed by atoms with Gasteiger partial charge in [-0.15, -0.1) is 6.42 Å². The molecule has 2 heterocycles. The van der Waals surface area contributed by atoms with Crippen LogP contribution in [0.3, 0.4) is 0 Å². The molecule has 0 spiro atoms. The summed E-state index contributed by atoms with van der Waals surface area (Å²) in [5.41, 5.74) is 6.02. The molecule has 0 unspecified atom stereocenters. The van der Waals surface area contributed by atoms with Gasteiger partial charge in [0.25, 0.3) is 0 Å². The van der Waals surface area contributed by atoms with Gasteiger partial charge in [0.2, 0.25) is 0 Å². The highest BCUT2D eigenvalue weighted by Gasteiger charge is 2.69. The van der Waals surface area contributed by atoms with E-state index in [1.165, 1.54) is 54.7 Å². The summed E-state index contributed by atoms with van der Waals surface area (Å²) < 4.78 is 39.7. The van der Waals surface area contributed by atoms with E-state index in [4.69, 9.17) is 21.6 Å². The molecule has 9 heteroatoms. The Morgan fingerprint density at radius 3 is 2.86 bits per heavy atom. The van der Waals surface area contributed by atoms with Gasteiger partial charge in [0.05, 0.1) is 23.5 Å². The van der Waals surface area contributed by atoms with Crippen molar-refractivity contribution in [1.29, 1.82) is 0 Å². The van der Waals surface area contributed by atoms with Crippen molar-refractivity contribution in [2.75, 3.05) is 13.3 Å². The first-order valence-electron chi connectivity index (χ1n) is 11.4. The topological polar surface area (TPSA) is 86.8 Å². The van der Waals surface area contributed by atoms with Crippen LogP contribution < -0.4 is 10.5 Å². The van der Waals surface area contributed by atoms with E-state index in [1.54, 1.807) is 12.1 Å². The fraction of sp³-hybridized carbons (Fsp3) is 0.250. The van der Waals surface area contributed by atoms with Gasteiger partial charge in [-0.25, -0.2) is 18.8 Å². The zero-order valence-electron chi connectivity index (χ0n) is 20.0. The number of alkyl halides is 1. The fourth-order valence-corrected chi connectivity index (χ4v) is 5.99. The minimum absolute atomic E-state index is 0.0561. The molecule has 1 aromatic carbocycles. The normalized spacial score (nSPS) is 23.9. The molecule has 0 bridgehead atoms. The summed E-state index contributed by atoms with van der Waals surface area (Å²) in [5.74, 6) is 1.49. The highest BCUT2D eigenvalue weighted by molar-refractivity contribution is 8.15. The number of Topliss-reactive ketones (excluding diaryl/α,β-unsaturated/α-hetero) is 1.